The van der Waals surface area contributed by atoms with Crippen LogP contribution in [0.25, 0.3) is 0 Å². The number of hydrogen-bond donors (Lipinski definition) is 0. The van der Waals surface area contributed by atoms with Crippen molar-refractivity contribution in [3.05, 3.63) is 34.4 Å². The van der Waals surface area contributed by atoms with Crippen LogP contribution in [-0.2, 0) is 9.84 Å². The van der Waals surface area contributed by atoms with Crippen LogP contribution in [0.4, 0.5) is 5.69 Å². The first kappa shape index (κ1) is 15.6. The van der Waals surface area contributed by atoms with E-state index in [1.807, 2.05) is 0 Å². The minimum Gasteiger partial charge on any atom is -0.258 e. The van der Waals surface area contributed by atoms with Gasteiger partial charge in [-0.05, 0) is 30.4 Å². The van der Waals surface area contributed by atoms with E-state index in [0.717, 1.165) is 6.42 Å². The van der Waals surface area contributed by atoms with Gasteiger partial charge in [-0.15, -0.1) is 0 Å². The van der Waals surface area contributed by atoms with E-state index in [4.69, 9.17) is 0 Å². The van der Waals surface area contributed by atoms with Crippen LogP contribution in [0.3, 0.4) is 0 Å². The van der Waals surface area contributed by atoms with Crippen molar-refractivity contribution in [2.75, 3.05) is 5.75 Å². The second-order valence-electron chi connectivity index (χ2n) is 5.73. The molecule has 19 heavy (non-hydrogen) atoms. The molecule has 0 aromatic heterocycles. The summed E-state index contributed by atoms with van der Waals surface area (Å²) in [6.07, 6.45) is 1.40. The molecule has 0 spiro atoms. The summed E-state index contributed by atoms with van der Waals surface area (Å²) in [5, 5.41) is 10.5. The molecule has 0 aliphatic rings. The molecule has 0 heterocycles. The Hall–Kier alpha value is -1.43. The summed E-state index contributed by atoms with van der Waals surface area (Å²) in [5.41, 5.74) is -0.000933. The fourth-order valence-corrected chi connectivity index (χ4v) is 3.00. The fraction of sp³-hybridized carbons (Fsp3) is 0.538. The van der Waals surface area contributed by atoms with E-state index in [9.17, 15) is 18.5 Å². The lowest BCUT2D eigenvalue weighted by Crippen LogP contribution is -2.11. The molecule has 6 heteroatoms. The molecule has 0 radical (unpaired) electrons. The van der Waals surface area contributed by atoms with E-state index >= 15 is 0 Å². The van der Waals surface area contributed by atoms with Gasteiger partial charge in [-0.2, -0.15) is 0 Å². The molecule has 0 saturated carbocycles. The van der Waals surface area contributed by atoms with Crippen molar-refractivity contribution in [3.63, 3.8) is 0 Å². The van der Waals surface area contributed by atoms with Crippen LogP contribution in [0.2, 0.25) is 0 Å². The van der Waals surface area contributed by atoms with Gasteiger partial charge in [-0.1, -0.05) is 20.8 Å². The molecule has 0 fully saturated rings. The van der Waals surface area contributed by atoms with Crippen molar-refractivity contribution in [3.8, 4) is 0 Å². The Morgan fingerprint density at radius 3 is 2.11 bits per heavy atom. The first-order valence-electron chi connectivity index (χ1n) is 6.09. The highest BCUT2D eigenvalue weighted by Gasteiger charge is 2.18. The Kier molecular flexibility index (Phi) is 4.68. The predicted octanol–water partition coefficient (Wildman–Crippen LogP) is 3.19. The van der Waals surface area contributed by atoms with Gasteiger partial charge < -0.3 is 0 Å². The molecular weight excluding hydrogens is 266 g/mol. The van der Waals surface area contributed by atoms with E-state index in [0.29, 0.717) is 6.42 Å². The number of hydrogen-bond acceptors (Lipinski definition) is 4. The zero-order chi connectivity index (χ0) is 14.7. The SMILES string of the molecule is CC(C)(C)CCCS(=O)(=O)c1ccc([N+](=O)[O-])cc1. The monoisotopic (exact) mass is 285 g/mol. The summed E-state index contributed by atoms with van der Waals surface area (Å²) in [6.45, 7) is 6.18. The number of rotatable bonds is 5. The van der Waals surface area contributed by atoms with Crippen LogP contribution < -0.4 is 0 Å². The van der Waals surface area contributed by atoms with Gasteiger partial charge in [0.15, 0.2) is 9.84 Å². The van der Waals surface area contributed by atoms with Crippen LogP contribution in [0.5, 0.6) is 0 Å². The van der Waals surface area contributed by atoms with Crippen LogP contribution in [0.15, 0.2) is 29.2 Å². The van der Waals surface area contributed by atoms with Gasteiger partial charge in [0.1, 0.15) is 0 Å². The van der Waals surface area contributed by atoms with Crippen LogP contribution in [-0.4, -0.2) is 19.1 Å². The highest BCUT2D eigenvalue weighted by molar-refractivity contribution is 7.91. The van der Waals surface area contributed by atoms with Gasteiger partial charge >= 0.3 is 0 Å². The molecule has 1 aromatic rings. The van der Waals surface area contributed by atoms with Crippen molar-refractivity contribution >= 4 is 15.5 Å². The molecule has 0 saturated heterocycles. The van der Waals surface area contributed by atoms with E-state index in [1.54, 1.807) is 0 Å². The van der Waals surface area contributed by atoms with Crippen LogP contribution in [0, 0.1) is 15.5 Å². The Labute approximate surface area is 113 Å². The lowest BCUT2D eigenvalue weighted by Gasteiger charge is -2.17. The highest BCUT2D eigenvalue weighted by Crippen LogP contribution is 2.23. The quantitative estimate of drug-likeness (QED) is 0.615. The third-order valence-electron chi connectivity index (χ3n) is 2.75. The third kappa shape index (κ3) is 4.98. The number of nitro groups is 1. The molecular formula is C13H19NO4S. The van der Waals surface area contributed by atoms with Gasteiger partial charge in [0, 0.05) is 12.1 Å². The average molecular weight is 285 g/mol. The topological polar surface area (TPSA) is 77.3 Å². The van der Waals surface area contributed by atoms with Crippen molar-refractivity contribution in [2.45, 2.75) is 38.5 Å². The molecule has 5 nitrogen and oxygen atoms in total. The first-order chi connectivity index (χ1) is 8.62. The predicted molar refractivity (Wildman–Crippen MR) is 73.8 cm³/mol. The van der Waals surface area contributed by atoms with Gasteiger partial charge in [-0.3, -0.25) is 10.1 Å². The molecule has 0 aliphatic heterocycles. The van der Waals surface area contributed by atoms with Crippen molar-refractivity contribution in [1.29, 1.82) is 0 Å². The molecule has 106 valence electrons. The second-order valence-corrected chi connectivity index (χ2v) is 7.84. The van der Waals surface area contributed by atoms with Crippen molar-refractivity contribution < 1.29 is 13.3 Å². The third-order valence-corrected chi connectivity index (χ3v) is 4.56. The molecule has 1 aromatic carbocycles. The zero-order valence-corrected chi connectivity index (χ0v) is 12.2. The summed E-state index contributed by atoms with van der Waals surface area (Å²) < 4.78 is 24.1. The number of non-ortho nitro benzene ring substituents is 1. The number of sulfone groups is 1. The van der Waals surface area contributed by atoms with Crippen molar-refractivity contribution in [2.24, 2.45) is 5.41 Å². The zero-order valence-electron chi connectivity index (χ0n) is 11.4. The summed E-state index contributed by atoms with van der Waals surface area (Å²) >= 11 is 0. The largest absolute Gasteiger partial charge is 0.269 e. The van der Waals surface area contributed by atoms with E-state index < -0.39 is 14.8 Å². The molecule has 0 N–H and O–H groups in total. The Bertz CT molecular complexity index is 541. The standard InChI is InChI=1S/C13H19NO4S/c1-13(2,3)9-4-10-19(17,18)12-7-5-11(6-8-12)14(15)16/h5-8H,4,9-10H2,1-3H3. The molecule has 0 aliphatic carbocycles. The molecule has 0 unspecified atom stereocenters. The maximum atomic E-state index is 12.0. The highest BCUT2D eigenvalue weighted by atomic mass is 32.2. The van der Waals surface area contributed by atoms with E-state index in [2.05, 4.69) is 20.8 Å². The summed E-state index contributed by atoms with van der Waals surface area (Å²) in [6, 6.07) is 5.03. The van der Waals surface area contributed by atoms with Crippen molar-refractivity contribution in [1.82, 2.24) is 0 Å². The van der Waals surface area contributed by atoms with E-state index in [1.165, 1.54) is 24.3 Å². The Morgan fingerprint density at radius 2 is 1.68 bits per heavy atom. The maximum Gasteiger partial charge on any atom is 0.269 e. The first-order valence-corrected chi connectivity index (χ1v) is 7.74. The Balaban J connectivity index is 2.75. The number of benzene rings is 1. The molecule has 0 bridgehead atoms. The molecule has 1 rings (SSSR count). The normalized spacial score (nSPS) is 12.4. The minimum absolute atomic E-state index is 0.0715. The molecule has 0 amide bonds. The summed E-state index contributed by atoms with van der Waals surface area (Å²) in [4.78, 5) is 10.1. The average Bonchev–Trinajstić information content (AvgIpc) is 2.27. The second kappa shape index (κ2) is 5.69. The van der Waals surface area contributed by atoms with Gasteiger partial charge in [0.2, 0.25) is 0 Å². The minimum atomic E-state index is -3.35. The van der Waals surface area contributed by atoms with E-state index in [-0.39, 0.29) is 21.8 Å². The Morgan fingerprint density at radius 1 is 1.16 bits per heavy atom. The number of nitro benzene ring substituents is 1. The van der Waals surface area contributed by atoms with Gasteiger partial charge in [-0.25, -0.2) is 8.42 Å². The van der Waals surface area contributed by atoms with Crippen LogP contribution >= 0.6 is 0 Å². The van der Waals surface area contributed by atoms with Gasteiger partial charge in [0.25, 0.3) is 5.69 Å². The molecule has 0 atom stereocenters. The summed E-state index contributed by atoms with van der Waals surface area (Å²) in [5.74, 6) is 0.0715. The lowest BCUT2D eigenvalue weighted by atomic mass is 9.91. The summed E-state index contributed by atoms with van der Waals surface area (Å²) in [7, 11) is -3.35. The fourth-order valence-electron chi connectivity index (χ4n) is 1.69. The van der Waals surface area contributed by atoms with Crippen LogP contribution in [0.1, 0.15) is 33.6 Å². The van der Waals surface area contributed by atoms with Gasteiger partial charge in [0.05, 0.1) is 15.6 Å². The lowest BCUT2D eigenvalue weighted by molar-refractivity contribution is -0.384. The number of nitrogens with zero attached hydrogens (tertiary/aromatic N) is 1. The maximum absolute atomic E-state index is 12.0. The smallest absolute Gasteiger partial charge is 0.258 e.